The van der Waals surface area contributed by atoms with Gasteiger partial charge in [0.1, 0.15) is 6.54 Å². The van der Waals surface area contributed by atoms with Crippen molar-refractivity contribution < 1.29 is 14.3 Å². The standard InChI is InChI=1S/C19H20N6O3S/c1-11-5-3-4-6-13(11)22-19-24-15(23-18(20)25-19)10-28-16(26)9-21-17(27)14-8-7-12(2)29-14/h3-8H,9-10H2,1-2H3,(H,21,27)(H3,20,22,23,24,25). The zero-order chi connectivity index (χ0) is 20.8. The summed E-state index contributed by atoms with van der Waals surface area (Å²) in [7, 11) is 0. The Bertz CT molecular complexity index is 1040. The number of anilines is 3. The van der Waals surface area contributed by atoms with Gasteiger partial charge in [-0.1, -0.05) is 18.2 Å². The maximum atomic E-state index is 12.0. The lowest BCUT2D eigenvalue weighted by Crippen LogP contribution is -2.30. The molecule has 0 saturated carbocycles. The summed E-state index contributed by atoms with van der Waals surface area (Å²) in [5.74, 6) is -0.488. The molecule has 29 heavy (non-hydrogen) atoms. The minimum atomic E-state index is -0.612. The Kier molecular flexibility index (Phi) is 6.35. The van der Waals surface area contributed by atoms with Crippen LogP contribution in [0.2, 0.25) is 0 Å². The molecule has 0 saturated heterocycles. The van der Waals surface area contributed by atoms with Crippen molar-refractivity contribution in [2.24, 2.45) is 0 Å². The van der Waals surface area contributed by atoms with Crippen molar-refractivity contribution in [1.29, 1.82) is 0 Å². The van der Waals surface area contributed by atoms with Crippen LogP contribution in [-0.2, 0) is 16.1 Å². The molecule has 0 aliphatic rings. The number of amides is 1. The number of thiophene rings is 1. The number of aryl methyl sites for hydroxylation is 2. The lowest BCUT2D eigenvalue weighted by Gasteiger charge is -2.10. The van der Waals surface area contributed by atoms with Crippen LogP contribution in [0, 0.1) is 13.8 Å². The Labute approximate surface area is 171 Å². The van der Waals surface area contributed by atoms with E-state index < -0.39 is 5.97 Å². The molecule has 1 aromatic carbocycles. The highest BCUT2D eigenvalue weighted by atomic mass is 32.1. The van der Waals surface area contributed by atoms with Crippen LogP contribution in [0.25, 0.3) is 0 Å². The molecule has 0 aliphatic carbocycles. The predicted molar refractivity (Wildman–Crippen MR) is 110 cm³/mol. The molecule has 0 atom stereocenters. The number of nitrogens with two attached hydrogens (primary N) is 1. The molecule has 0 bridgehead atoms. The zero-order valence-electron chi connectivity index (χ0n) is 15.9. The summed E-state index contributed by atoms with van der Waals surface area (Å²) in [5, 5.41) is 5.58. The summed E-state index contributed by atoms with van der Waals surface area (Å²) < 4.78 is 5.12. The number of benzene rings is 1. The van der Waals surface area contributed by atoms with Crippen molar-refractivity contribution in [2.75, 3.05) is 17.6 Å². The molecule has 0 fully saturated rings. The molecule has 150 valence electrons. The number of aromatic nitrogens is 3. The van der Waals surface area contributed by atoms with Crippen LogP contribution < -0.4 is 16.4 Å². The topological polar surface area (TPSA) is 132 Å². The van der Waals surface area contributed by atoms with Crippen molar-refractivity contribution in [3.05, 3.63) is 57.5 Å². The minimum absolute atomic E-state index is 0.00324. The van der Waals surface area contributed by atoms with Gasteiger partial charge in [-0.05, 0) is 37.6 Å². The van der Waals surface area contributed by atoms with Crippen molar-refractivity contribution >= 4 is 40.8 Å². The fourth-order valence-corrected chi connectivity index (χ4v) is 3.17. The Morgan fingerprint density at radius 2 is 1.90 bits per heavy atom. The van der Waals surface area contributed by atoms with E-state index in [1.54, 1.807) is 6.07 Å². The molecule has 3 aromatic rings. The summed E-state index contributed by atoms with van der Waals surface area (Å²) in [4.78, 5) is 37.6. The molecule has 0 radical (unpaired) electrons. The van der Waals surface area contributed by atoms with Gasteiger partial charge in [-0.25, -0.2) is 0 Å². The first kappa shape index (κ1) is 20.2. The molecule has 0 unspecified atom stereocenters. The summed E-state index contributed by atoms with van der Waals surface area (Å²) in [6, 6.07) is 11.2. The number of para-hydroxylation sites is 1. The highest BCUT2D eigenvalue weighted by Gasteiger charge is 2.12. The Morgan fingerprint density at radius 1 is 1.10 bits per heavy atom. The van der Waals surface area contributed by atoms with Gasteiger partial charge in [0, 0.05) is 10.6 Å². The third kappa shape index (κ3) is 5.72. The minimum Gasteiger partial charge on any atom is -0.456 e. The first-order chi connectivity index (χ1) is 13.9. The Hall–Kier alpha value is -3.53. The van der Waals surface area contributed by atoms with Crippen molar-refractivity contribution in [3.8, 4) is 0 Å². The van der Waals surface area contributed by atoms with Crippen LogP contribution in [0.1, 0.15) is 25.9 Å². The van der Waals surface area contributed by atoms with E-state index in [-0.39, 0.29) is 36.8 Å². The largest absolute Gasteiger partial charge is 0.456 e. The normalized spacial score (nSPS) is 10.4. The van der Waals surface area contributed by atoms with Gasteiger partial charge in [-0.3, -0.25) is 9.59 Å². The maximum absolute atomic E-state index is 12.0. The zero-order valence-corrected chi connectivity index (χ0v) is 16.7. The Morgan fingerprint density at radius 3 is 2.62 bits per heavy atom. The van der Waals surface area contributed by atoms with Crippen molar-refractivity contribution in [1.82, 2.24) is 20.3 Å². The molecule has 2 aromatic heterocycles. The SMILES string of the molecule is Cc1ccc(C(=O)NCC(=O)OCc2nc(N)nc(Nc3ccccc3C)n2)s1. The van der Waals surface area contributed by atoms with Gasteiger partial charge in [0.05, 0.1) is 4.88 Å². The highest BCUT2D eigenvalue weighted by Crippen LogP contribution is 2.18. The maximum Gasteiger partial charge on any atom is 0.325 e. The number of nitrogens with zero attached hydrogens (tertiary/aromatic N) is 3. The smallest absolute Gasteiger partial charge is 0.325 e. The van der Waals surface area contributed by atoms with Crippen LogP contribution in [0.15, 0.2) is 36.4 Å². The second kappa shape index (κ2) is 9.11. The number of rotatable bonds is 7. The predicted octanol–water partition coefficient (Wildman–Crippen LogP) is 2.35. The van der Waals surface area contributed by atoms with Crippen LogP contribution in [0.3, 0.4) is 0 Å². The molecule has 3 rings (SSSR count). The number of carbonyl (C=O) groups is 2. The van der Waals surface area contributed by atoms with E-state index in [4.69, 9.17) is 10.5 Å². The molecule has 0 spiro atoms. The lowest BCUT2D eigenvalue weighted by atomic mass is 10.2. The van der Waals surface area contributed by atoms with Crippen LogP contribution >= 0.6 is 11.3 Å². The van der Waals surface area contributed by atoms with E-state index in [1.165, 1.54) is 11.3 Å². The lowest BCUT2D eigenvalue weighted by molar-refractivity contribution is -0.143. The average molecular weight is 412 g/mol. The number of carbonyl (C=O) groups excluding carboxylic acids is 2. The van der Waals surface area contributed by atoms with Gasteiger partial charge in [-0.15, -0.1) is 11.3 Å². The summed E-state index contributed by atoms with van der Waals surface area (Å²) in [6.45, 7) is 3.40. The number of hydrogen-bond acceptors (Lipinski definition) is 9. The number of esters is 1. The Balaban J connectivity index is 1.54. The van der Waals surface area contributed by atoms with E-state index in [9.17, 15) is 9.59 Å². The molecule has 4 N–H and O–H groups in total. The number of nitrogen functional groups attached to an aromatic ring is 1. The average Bonchev–Trinajstić information content (AvgIpc) is 3.12. The van der Waals surface area contributed by atoms with Gasteiger partial charge >= 0.3 is 5.97 Å². The summed E-state index contributed by atoms with van der Waals surface area (Å²) in [6.07, 6.45) is 0. The van der Waals surface area contributed by atoms with E-state index in [0.717, 1.165) is 16.1 Å². The summed E-state index contributed by atoms with van der Waals surface area (Å²) >= 11 is 1.35. The van der Waals surface area contributed by atoms with Crippen LogP contribution in [-0.4, -0.2) is 33.4 Å². The molecular weight excluding hydrogens is 392 g/mol. The molecule has 9 nitrogen and oxygen atoms in total. The molecule has 10 heteroatoms. The van der Waals surface area contributed by atoms with Crippen molar-refractivity contribution in [3.63, 3.8) is 0 Å². The van der Waals surface area contributed by atoms with E-state index in [2.05, 4.69) is 25.6 Å². The highest BCUT2D eigenvalue weighted by molar-refractivity contribution is 7.13. The number of hydrogen-bond donors (Lipinski definition) is 3. The quantitative estimate of drug-likeness (QED) is 0.504. The molecule has 0 aliphatic heterocycles. The fraction of sp³-hybridized carbons (Fsp3) is 0.211. The van der Waals surface area contributed by atoms with E-state index >= 15 is 0 Å². The van der Waals surface area contributed by atoms with Gasteiger partial charge in [0.15, 0.2) is 12.4 Å². The van der Waals surface area contributed by atoms with Crippen LogP contribution in [0.5, 0.6) is 0 Å². The van der Waals surface area contributed by atoms with Crippen molar-refractivity contribution in [2.45, 2.75) is 20.5 Å². The van der Waals surface area contributed by atoms with Gasteiger partial charge in [0.25, 0.3) is 5.91 Å². The molecular formula is C19H20N6O3S. The monoisotopic (exact) mass is 412 g/mol. The first-order valence-corrected chi connectivity index (χ1v) is 9.55. The van der Waals surface area contributed by atoms with E-state index in [1.807, 2.05) is 44.2 Å². The summed E-state index contributed by atoms with van der Waals surface area (Å²) in [5.41, 5.74) is 7.56. The fourth-order valence-electron chi connectivity index (χ4n) is 2.38. The number of nitrogens with one attached hydrogen (secondary N) is 2. The van der Waals surface area contributed by atoms with Gasteiger partial charge < -0.3 is 21.1 Å². The second-order valence-electron chi connectivity index (χ2n) is 6.13. The number of ether oxygens (including phenoxy) is 1. The van der Waals surface area contributed by atoms with Gasteiger partial charge in [-0.2, -0.15) is 15.0 Å². The molecule has 2 heterocycles. The third-order valence-electron chi connectivity index (χ3n) is 3.81. The first-order valence-electron chi connectivity index (χ1n) is 8.74. The van der Waals surface area contributed by atoms with Crippen LogP contribution in [0.4, 0.5) is 17.6 Å². The van der Waals surface area contributed by atoms with Gasteiger partial charge in [0.2, 0.25) is 11.9 Å². The van der Waals surface area contributed by atoms with E-state index in [0.29, 0.717) is 4.88 Å². The molecule has 1 amide bonds. The second-order valence-corrected chi connectivity index (χ2v) is 7.41. The third-order valence-corrected chi connectivity index (χ3v) is 4.81.